The summed E-state index contributed by atoms with van der Waals surface area (Å²) in [6, 6.07) is 0.341. The highest BCUT2D eigenvalue weighted by molar-refractivity contribution is 5.71. The second-order valence-electron chi connectivity index (χ2n) is 4.47. The van der Waals surface area contributed by atoms with Crippen molar-refractivity contribution in [3.05, 3.63) is 23.8 Å². The molecule has 10 heteroatoms. The third kappa shape index (κ3) is 3.26. The van der Waals surface area contributed by atoms with Crippen molar-refractivity contribution < 1.29 is 22.0 Å². The smallest absolute Gasteiger partial charge is 0.391 e. The molecule has 0 bridgehead atoms. The first-order valence-electron chi connectivity index (χ1n) is 5.78. The molecule has 0 aliphatic carbocycles. The number of nitrogen functional groups attached to an aromatic ring is 1. The molecule has 0 spiro atoms. The number of tetrazole rings is 1. The van der Waals surface area contributed by atoms with E-state index in [9.17, 15) is 22.0 Å². The van der Waals surface area contributed by atoms with Crippen molar-refractivity contribution in [2.24, 2.45) is 0 Å². The van der Waals surface area contributed by atoms with Gasteiger partial charge in [0.05, 0.1) is 12.5 Å². The summed E-state index contributed by atoms with van der Waals surface area (Å²) in [5.74, 6) is -2.53. The number of aromatic nitrogens is 4. The van der Waals surface area contributed by atoms with Crippen molar-refractivity contribution >= 4 is 5.69 Å². The molecule has 21 heavy (non-hydrogen) atoms. The van der Waals surface area contributed by atoms with Gasteiger partial charge in [-0.1, -0.05) is 0 Å². The van der Waals surface area contributed by atoms with E-state index in [1.165, 1.54) is 6.92 Å². The second kappa shape index (κ2) is 5.26. The van der Waals surface area contributed by atoms with E-state index in [-0.39, 0.29) is 17.1 Å². The van der Waals surface area contributed by atoms with Crippen molar-refractivity contribution in [3.8, 4) is 11.4 Å². The molecule has 0 aliphatic rings. The standard InChI is InChI=1S/C11H10F5N5/c1-5(4-11(14,15)16)21-10(18-19-20-21)6-2-7(12)8(13)3-9(6)17/h2-3,5H,4,17H2,1H3. The second-order valence-corrected chi connectivity index (χ2v) is 4.47. The van der Waals surface area contributed by atoms with Gasteiger partial charge in [-0.25, -0.2) is 13.5 Å². The van der Waals surface area contributed by atoms with Gasteiger partial charge in [-0.3, -0.25) is 0 Å². The molecule has 1 aromatic carbocycles. The van der Waals surface area contributed by atoms with Crippen LogP contribution in [0.5, 0.6) is 0 Å². The molecule has 0 fully saturated rings. The molecule has 1 atom stereocenters. The number of nitrogens with two attached hydrogens (primary N) is 1. The molecular formula is C11H10F5N5. The first-order chi connectivity index (χ1) is 9.69. The summed E-state index contributed by atoms with van der Waals surface area (Å²) >= 11 is 0. The van der Waals surface area contributed by atoms with Gasteiger partial charge in [0.15, 0.2) is 17.5 Å². The Bertz CT molecular complexity index is 651. The molecular weight excluding hydrogens is 297 g/mol. The molecule has 1 unspecified atom stereocenters. The van der Waals surface area contributed by atoms with E-state index in [2.05, 4.69) is 15.5 Å². The molecule has 0 aliphatic heterocycles. The number of hydrogen-bond acceptors (Lipinski definition) is 4. The molecule has 114 valence electrons. The van der Waals surface area contributed by atoms with E-state index in [4.69, 9.17) is 5.73 Å². The van der Waals surface area contributed by atoms with Crippen LogP contribution in [0.2, 0.25) is 0 Å². The Balaban J connectivity index is 2.43. The molecule has 0 radical (unpaired) electrons. The van der Waals surface area contributed by atoms with E-state index in [0.717, 1.165) is 16.8 Å². The molecule has 2 aromatic rings. The fraction of sp³-hybridized carbons (Fsp3) is 0.364. The number of benzene rings is 1. The number of rotatable bonds is 3. The first-order valence-corrected chi connectivity index (χ1v) is 5.78. The lowest BCUT2D eigenvalue weighted by Gasteiger charge is -2.16. The normalized spacial score (nSPS) is 13.4. The molecule has 0 saturated carbocycles. The lowest BCUT2D eigenvalue weighted by molar-refractivity contribution is -0.142. The van der Waals surface area contributed by atoms with Gasteiger partial charge in [-0.05, 0) is 23.4 Å². The minimum Gasteiger partial charge on any atom is -0.398 e. The van der Waals surface area contributed by atoms with Gasteiger partial charge in [0, 0.05) is 17.3 Å². The quantitative estimate of drug-likeness (QED) is 0.699. The fourth-order valence-corrected chi connectivity index (χ4v) is 1.85. The summed E-state index contributed by atoms with van der Waals surface area (Å²) in [5.41, 5.74) is 5.29. The maximum atomic E-state index is 13.3. The third-order valence-corrected chi connectivity index (χ3v) is 2.77. The predicted molar refractivity (Wildman–Crippen MR) is 63.0 cm³/mol. The minimum atomic E-state index is -4.41. The average molecular weight is 307 g/mol. The Hall–Kier alpha value is -2.26. The summed E-state index contributed by atoms with van der Waals surface area (Å²) in [5, 5.41) is 10.3. The van der Waals surface area contributed by atoms with Crippen molar-refractivity contribution in [2.75, 3.05) is 5.73 Å². The number of alkyl halides is 3. The van der Waals surface area contributed by atoms with E-state index >= 15 is 0 Å². The monoisotopic (exact) mass is 307 g/mol. The first kappa shape index (κ1) is 15.1. The van der Waals surface area contributed by atoms with Crippen LogP contribution in [0.1, 0.15) is 19.4 Å². The molecule has 5 nitrogen and oxygen atoms in total. The van der Waals surface area contributed by atoms with E-state index in [1.807, 2.05) is 0 Å². The number of hydrogen-bond donors (Lipinski definition) is 1. The summed E-state index contributed by atoms with van der Waals surface area (Å²) in [6.45, 7) is 1.25. The van der Waals surface area contributed by atoms with E-state index in [1.54, 1.807) is 0 Å². The van der Waals surface area contributed by atoms with Crippen LogP contribution in [0.25, 0.3) is 11.4 Å². The van der Waals surface area contributed by atoms with E-state index in [0.29, 0.717) is 0 Å². The van der Waals surface area contributed by atoms with Crippen LogP contribution in [0.4, 0.5) is 27.6 Å². The zero-order valence-electron chi connectivity index (χ0n) is 10.7. The lowest BCUT2D eigenvalue weighted by Crippen LogP contribution is -2.18. The molecule has 0 saturated heterocycles. The lowest BCUT2D eigenvalue weighted by atomic mass is 10.1. The zero-order valence-corrected chi connectivity index (χ0v) is 10.7. The van der Waals surface area contributed by atoms with Crippen LogP contribution in [0.3, 0.4) is 0 Å². The predicted octanol–water partition coefficient (Wildman–Crippen LogP) is 2.71. The highest BCUT2D eigenvalue weighted by atomic mass is 19.4. The van der Waals surface area contributed by atoms with Crippen molar-refractivity contribution in [1.29, 1.82) is 0 Å². The van der Waals surface area contributed by atoms with Crippen LogP contribution in [0.15, 0.2) is 12.1 Å². The summed E-state index contributed by atoms with van der Waals surface area (Å²) < 4.78 is 64.4. The minimum absolute atomic E-state index is 0.0760. The molecule has 1 heterocycles. The Morgan fingerprint density at radius 2 is 1.86 bits per heavy atom. The number of anilines is 1. The topological polar surface area (TPSA) is 69.6 Å². The van der Waals surface area contributed by atoms with Gasteiger partial charge in [-0.15, -0.1) is 5.10 Å². The van der Waals surface area contributed by atoms with Gasteiger partial charge >= 0.3 is 6.18 Å². The highest BCUT2D eigenvalue weighted by Gasteiger charge is 2.32. The van der Waals surface area contributed by atoms with Crippen LogP contribution in [-0.4, -0.2) is 26.4 Å². The van der Waals surface area contributed by atoms with Gasteiger partial charge in [-0.2, -0.15) is 13.2 Å². The Kier molecular flexibility index (Phi) is 3.79. The SMILES string of the molecule is CC(CC(F)(F)F)n1nnnc1-c1cc(F)c(F)cc1N. The number of nitrogens with zero attached hydrogens (tertiary/aromatic N) is 4. The van der Waals surface area contributed by atoms with E-state index < -0.39 is 30.3 Å². The average Bonchev–Trinajstić information content (AvgIpc) is 2.80. The maximum absolute atomic E-state index is 13.3. The zero-order chi connectivity index (χ0) is 15.8. The van der Waals surface area contributed by atoms with Gasteiger partial charge in [0.2, 0.25) is 0 Å². The summed E-state index contributed by atoms with van der Waals surface area (Å²) in [7, 11) is 0. The van der Waals surface area contributed by atoms with Crippen LogP contribution in [-0.2, 0) is 0 Å². The van der Waals surface area contributed by atoms with Crippen molar-refractivity contribution in [3.63, 3.8) is 0 Å². The number of halogens is 5. The van der Waals surface area contributed by atoms with Gasteiger partial charge in [0.25, 0.3) is 0 Å². The van der Waals surface area contributed by atoms with Crippen LogP contribution >= 0.6 is 0 Å². The van der Waals surface area contributed by atoms with Gasteiger partial charge in [0.1, 0.15) is 0 Å². The summed E-state index contributed by atoms with van der Waals surface area (Å²) in [4.78, 5) is 0. The van der Waals surface area contributed by atoms with Crippen LogP contribution in [0, 0.1) is 11.6 Å². The van der Waals surface area contributed by atoms with Crippen molar-refractivity contribution in [2.45, 2.75) is 25.6 Å². The summed E-state index contributed by atoms with van der Waals surface area (Å²) in [6.07, 6.45) is -5.59. The molecule has 0 amide bonds. The third-order valence-electron chi connectivity index (χ3n) is 2.77. The Morgan fingerprint density at radius 3 is 2.48 bits per heavy atom. The maximum Gasteiger partial charge on any atom is 0.391 e. The fourth-order valence-electron chi connectivity index (χ4n) is 1.85. The molecule has 1 aromatic heterocycles. The van der Waals surface area contributed by atoms with Crippen molar-refractivity contribution in [1.82, 2.24) is 20.2 Å². The Morgan fingerprint density at radius 1 is 1.24 bits per heavy atom. The largest absolute Gasteiger partial charge is 0.398 e. The Labute approximate surface area is 115 Å². The highest BCUT2D eigenvalue weighted by Crippen LogP contribution is 2.31. The molecule has 2 N–H and O–H groups in total. The van der Waals surface area contributed by atoms with Gasteiger partial charge < -0.3 is 5.73 Å². The molecule has 2 rings (SSSR count). The van der Waals surface area contributed by atoms with Crippen LogP contribution < -0.4 is 5.73 Å².